The molecule has 126 valence electrons. The Labute approximate surface area is 141 Å². The maximum Gasteiger partial charge on any atom is 0.152 e. The molecular formula is C15H17N5O3S. The minimum Gasteiger partial charge on any atom is -0.394 e. The molecule has 3 aromatic heterocycles. The van der Waals surface area contributed by atoms with Gasteiger partial charge in [0.05, 0.1) is 24.5 Å². The minimum absolute atomic E-state index is 0.144. The quantitative estimate of drug-likeness (QED) is 0.643. The van der Waals surface area contributed by atoms with E-state index >= 15 is 0 Å². The maximum atomic E-state index is 10.5. The number of nitrogens with two attached hydrogens (primary N) is 1. The molecule has 0 aromatic carbocycles. The molecule has 1 aliphatic heterocycles. The second kappa shape index (κ2) is 5.78. The van der Waals surface area contributed by atoms with Crippen molar-refractivity contribution in [2.75, 3.05) is 12.3 Å². The van der Waals surface area contributed by atoms with Gasteiger partial charge in [-0.3, -0.25) is 0 Å². The average Bonchev–Trinajstić information content (AvgIpc) is 3.28. The molecule has 4 rings (SSSR count). The normalized spacial score (nSPS) is 27.1. The summed E-state index contributed by atoms with van der Waals surface area (Å²) in [5.41, 5.74) is 8.16. The number of fused-ring (bicyclic) bond motifs is 1. The number of hydrogen-bond acceptors (Lipinski definition) is 8. The highest BCUT2D eigenvalue weighted by Gasteiger charge is 2.43. The third kappa shape index (κ3) is 2.20. The van der Waals surface area contributed by atoms with Crippen molar-refractivity contribution in [1.82, 2.24) is 19.6 Å². The summed E-state index contributed by atoms with van der Waals surface area (Å²) in [7, 11) is 0. The Kier molecular flexibility index (Phi) is 3.72. The number of hydrogen-bond donors (Lipinski definition) is 3. The number of aliphatic hydroxyl groups is 2. The Morgan fingerprint density at radius 2 is 2.25 bits per heavy atom. The second-order valence-corrected chi connectivity index (χ2v) is 6.75. The van der Waals surface area contributed by atoms with E-state index in [0.717, 1.165) is 10.6 Å². The van der Waals surface area contributed by atoms with Crippen LogP contribution in [-0.2, 0) is 4.74 Å². The lowest BCUT2D eigenvalue weighted by Gasteiger charge is -2.14. The van der Waals surface area contributed by atoms with Crippen molar-refractivity contribution in [3.8, 4) is 10.6 Å². The number of nitrogen functional groups attached to an aromatic ring is 1. The van der Waals surface area contributed by atoms with Gasteiger partial charge in [0, 0.05) is 23.1 Å². The zero-order valence-electron chi connectivity index (χ0n) is 12.9. The molecule has 8 nitrogen and oxygen atoms in total. The SMILES string of the molecule is C[C@H]1[C@H](O)[C@H](c2cc(-c3nccs3)c3c(N)ncnn23)O[C@@H]1CO. The van der Waals surface area contributed by atoms with Crippen molar-refractivity contribution in [1.29, 1.82) is 0 Å². The van der Waals surface area contributed by atoms with Gasteiger partial charge in [0.1, 0.15) is 23.0 Å². The van der Waals surface area contributed by atoms with E-state index in [1.54, 1.807) is 10.7 Å². The number of aromatic nitrogens is 4. The molecular weight excluding hydrogens is 330 g/mol. The summed E-state index contributed by atoms with van der Waals surface area (Å²) in [4.78, 5) is 8.40. The van der Waals surface area contributed by atoms with E-state index in [4.69, 9.17) is 10.5 Å². The van der Waals surface area contributed by atoms with Gasteiger partial charge in [0.2, 0.25) is 0 Å². The van der Waals surface area contributed by atoms with E-state index in [1.807, 2.05) is 18.4 Å². The first kappa shape index (κ1) is 15.5. The molecule has 3 aromatic rings. The molecule has 4 N–H and O–H groups in total. The van der Waals surface area contributed by atoms with Gasteiger partial charge in [0.15, 0.2) is 5.82 Å². The van der Waals surface area contributed by atoms with E-state index in [9.17, 15) is 10.2 Å². The van der Waals surface area contributed by atoms with E-state index in [1.165, 1.54) is 17.7 Å². The fraction of sp³-hybridized carbons (Fsp3) is 0.400. The van der Waals surface area contributed by atoms with Gasteiger partial charge in [-0.05, 0) is 6.07 Å². The average molecular weight is 347 g/mol. The number of anilines is 1. The molecule has 0 saturated carbocycles. The van der Waals surface area contributed by atoms with Crippen LogP contribution in [-0.4, -0.2) is 48.6 Å². The number of nitrogens with zero attached hydrogens (tertiary/aromatic N) is 4. The molecule has 0 radical (unpaired) electrons. The van der Waals surface area contributed by atoms with E-state index < -0.39 is 18.3 Å². The zero-order chi connectivity index (χ0) is 16.8. The van der Waals surface area contributed by atoms with E-state index in [-0.39, 0.29) is 12.5 Å². The largest absolute Gasteiger partial charge is 0.394 e. The third-order valence-corrected chi connectivity index (χ3v) is 5.31. The van der Waals surface area contributed by atoms with Crippen LogP contribution >= 0.6 is 11.3 Å². The van der Waals surface area contributed by atoms with Crippen LogP contribution in [0, 0.1) is 5.92 Å². The summed E-state index contributed by atoms with van der Waals surface area (Å²) in [6.07, 6.45) is 1.31. The Hall–Kier alpha value is -2.07. The highest BCUT2D eigenvalue weighted by molar-refractivity contribution is 7.13. The molecule has 1 saturated heterocycles. The first-order valence-corrected chi connectivity index (χ1v) is 8.46. The summed E-state index contributed by atoms with van der Waals surface area (Å²) in [6.45, 7) is 1.71. The second-order valence-electron chi connectivity index (χ2n) is 5.85. The Balaban J connectivity index is 1.90. The van der Waals surface area contributed by atoms with Crippen molar-refractivity contribution in [2.45, 2.75) is 25.2 Å². The maximum absolute atomic E-state index is 10.5. The van der Waals surface area contributed by atoms with E-state index in [2.05, 4.69) is 15.1 Å². The smallest absolute Gasteiger partial charge is 0.152 e. The van der Waals surface area contributed by atoms with Crippen LogP contribution in [0.4, 0.5) is 5.82 Å². The van der Waals surface area contributed by atoms with Crippen molar-refractivity contribution in [2.24, 2.45) is 5.92 Å². The molecule has 9 heteroatoms. The molecule has 0 unspecified atom stereocenters. The van der Waals surface area contributed by atoms with Crippen molar-refractivity contribution in [3.05, 3.63) is 29.7 Å². The Morgan fingerprint density at radius 1 is 1.42 bits per heavy atom. The Bertz CT molecular complexity index is 866. The van der Waals surface area contributed by atoms with Crippen LogP contribution in [0.25, 0.3) is 16.1 Å². The van der Waals surface area contributed by atoms with Gasteiger partial charge in [0.25, 0.3) is 0 Å². The molecule has 0 bridgehead atoms. The summed E-state index contributed by atoms with van der Waals surface area (Å²) in [6, 6.07) is 1.87. The van der Waals surface area contributed by atoms with Gasteiger partial charge in [-0.2, -0.15) is 5.10 Å². The third-order valence-electron chi connectivity index (χ3n) is 4.50. The van der Waals surface area contributed by atoms with Crippen molar-refractivity contribution >= 4 is 22.7 Å². The molecule has 0 amide bonds. The van der Waals surface area contributed by atoms with Crippen LogP contribution in [0.1, 0.15) is 18.7 Å². The Morgan fingerprint density at radius 3 is 2.92 bits per heavy atom. The number of rotatable bonds is 3. The monoisotopic (exact) mass is 347 g/mol. The highest BCUT2D eigenvalue weighted by atomic mass is 32.1. The summed E-state index contributed by atoms with van der Waals surface area (Å²) < 4.78 is 7.50. The van der Waals surface area contributed by atoms with Crippen molar-refractivity contribution < 1.29 is 14.9 Å². The lowest BCUT2D eigenvalue weighted by molar-refractivity contribution is -0.0152. The topological polar surface area (TPSA) is 119 Å². The van der Waals surface area contributed by atoms with E-state index in [0.29, 0.717) is 17.0 Å². The summed E-state index contributed by atoms with van der Waals surface area (Å²) >= 11 is 1.48. The minimum atomic E-state index is -0.749. The van der Waals surface area contributed by atoms with Crippen LogP contribution in [0.5, 0.6) is 0 Å². The fourth-order valence-corrected chi connectivity index (χ4v) is 3.81. The standard InChI is InChI=1S/C15H17N5O3S/c1-7-10(5-21)23-13(12(7)22)9-4-8(15-17-2-3-24-15)11-14(16)18-6-19-20(9)11/h2-4,6-7,10,12-13,21-22H,5H2,1H3,(H2,16,18,19)/t7-,10-,12+,13+/m1/s1. The summed E-state index contributed by atoms with van der Waals surface area (Å²) in [5.74, 6) is 0.147. The lowest BCUT2D eigenvalue weighted by atomic mass is 9.97. The van der Waals surface area contributed by atoms with Gasteiger partial charge in [-0.15, -0.1) is 11.3 Å². The molecule has 1 aliphatic rings. The highest BCUT2D eigenvalue weighted by Crippen LogP contribution is 2.41. The number of ether oxygens (including phenoxy) is 1. The van der Waals surface area contributed by atoms with Gasteiger partial charge >= 0.3 is 0 Å². The molecule has 0 aliphatic carbocycles. The first-order chi connectivity index (χ1) is 11.6. The molecule has 1 fully saturated rings. The van der Waals surface area contributed by atoms with Crippen LogP contribution < -0.4 is 5.73 Å². The van der Waals surface area contributed by atoms with Gasteiger partial charge in [-0.25, -0.2) is 14.5 Å². The molecule has 24 heavy (non-hydrogen) atoms. The van der Waals surface area contributed by atoms with Crippen LogP contribution in [0.15, 0.2) is 24.0 Å². The number of aliphatic hydroxyl groups excluding tert-OH is 2. The molecule has 4 atom stereocenters. The lowest BCUT2D eigenvalue weighted by Crippen LogP contribution is -2.24. The first-order valence-electron chi connectivity index (χ1n) is 7.58. The van der Waals surface area contributed by atoms with Crippen molar-refractivity contribution in [3.63, 3.8) is 0 Å². The van der Waals surface area contributed by atoms with Crippen LogP contribution in [0.2, 0.25) is 0 Å². The molecule has 4 heterocycles. The number of thiazole rings is 1. The molecule has 0 spiro atoms. The predicted octanol–water partition coefficient (Wildman–Crippen LogP) is 0.864. The van der Waals surface area contributed by atoms with Gasteiger partial charge in [-0.1, -0.05) is 6.92 Å². The zero-order valence-corrected chi connectivity index (χ0v) is 13.7. The fourth-order valence-electron chi connectivity index (χ4n) is 3.16. The van der Waals surface area contributed by atoms with Crippen LogP contribution in [0.3, 0.4) is 0 Å². The predicted molar refractivity (Wildman–Crippen MR) is 88.4 cm³/mol. The summed E-state index contributed by atoms with van der Waals surface area (Å²) in [5, 5.41) is 26.9. The van der Waals surface area contributed by atoms with Gasteiger partial charge < -0.3 is 20.7 Å².